The first kappa shape index (κ1) is 23.0. The molecule has 1 amide bonds. The summed E-state index contributed by atoms with van der Waals surface area (Å²) in [5, 5.41) is 6.64. The average molecular weight is 426 g/mol. The zero-order valence-electron chi connectivity index (χ0n) is 17.3. The number of piperidine rings is 1. The molecule has 1 heterocycles. The Hall–Kier alpha value is -2.33. The second kappa shape index (κ2) is 11.0. The van der Waals surface area contributed by atoms with Gasteiger partial charge in [-0.25, -0.2) is 22.9 Å². The van der Waals surface area contributed by atoms with E-state index in [1.807, 2.05) is 6.92 Å². The van der Waals surface area contributed by atoms with Crippen molar-refractivity contribution in [1.82, 2.24) is 20.3 Å². The Morgan fingerprint density at radius 1 is 1.21 bits per heavy atom. The van der Waals surface area contributed by atoms with E-state index in [-0.39, 0.29) is 17.0 Å². The second-order valence-corrected chi connectivity index (χ2v) is 8.54. The number of rotatable bonds is 7. The van der Waals surface area contributed by atoms with Crippen LogP contribution < -0.4 is 15.4 Å². The Kier molecular flexibility index (Phi) is 8.71. The Morgan fingerprint density at radius 3 is 2.41 bits per heavy atom. The van der Waals surface area contributed by atoms with Gasteiger partial charge in [-0.3, -0.25) is 0 Å². The fourth-order valence-corrected chi connectivity index (χ4v) is 3.73. The minimum Gasteiger partial charge on any atom is -0.450 e. The average Bonchev–Trinajstić information content (AvgIpc) is 2.73. The number of carbonyl (C=O) groups excluding carboxylic acids is 1. The molecule has 0 saturated carbocycles. The first-order valence-electron chi connectivity index (χ1n) is 9.88. The van der Waals surface area contributed by atoms with Crippen LogP contribution in [-0.2, 0) is 21.3 Å². The topological polar surface area (TPSA) is 112 Å². The van der Waals surface area contributed by atoms with E-state index < -0.39 is 10.0 Å². The summed E-state index contributed by atoms with van der Waals surface area (Å²) in [6, 6.07) is 6.88. The highest BCUT2D eigenvalue weighted by atomic mass is 32.2. The molecule has 1 fully saturated rings. The van der Waals surface area contributed by atoms with Crippen LogP contribution in [0.4, 0.5) is 4.79 Å². The van der Waals surface area contributed by atoms with Crippen LogP contribution in [0.2, 0.25) is 0 Å². The Morgan fingerprint density at radius 2 is 1.86 bits per heavy atom. The van der Waals surface area contributed by atoms with Crippen molar-refractivity contribution in [3.8, 4) is 0 Å². The van der Waals surface area contributed by atoms with Gasteiger partial charge in [0, 0.05) is 25.7 Å². The molecule has 2 rings (SSSR count). The molecular weight excluding hydrogens is 394 g/mol. The van der Waals surface area contributed by atoms with Crippen LogP contribution in [0, 0.1) is 0 Å². The lowest BCUT2D eigenvalue weighted by atomic mass is 10.1. The van der Waals surface area contributed by atoms with Gasteiger partial charge >= 0.3 is 6.09 Å². The molecule has 1 aliphatic rings. The zero-order chi connectivity index (χ0) is 21.3. The third-order valence-corrected chi connectivity index (χ3v) is 6.06. The molecule has 10 heteroatoms. The van der Waals surface area contributed by atoms with Gasteiger partial charge in [0.05, 0.1) is 18.0 Å². The highest BCUT2D eigenvalue weighted by Gasteiger charge is 2.24. The summed E-state index contributed by atoms with van der Waals surface area (Å²) in [7, 11) is -2.05. The van der Waals surface area contributed by atoms with Crippen molar-refractivity contribution in [2.75, 3.05) is 33.3 Å². The van der Waals surface area contributed by atoms with Gasteiger partial charge in [-0.1, -0.05) is 12.1 Å². The third kappa shape index (κ3) is 6.90. The van der Waals surface area contributed by atoms with E-state index in [0.717, 1.165) is 24.9 Å². The van der Waals surface area contributed by atoms with Crippen LogP contribution in [0.5, 0.6) is 0 Å². The highest BCUT2D eigenvalue weighted by molar-refractivity contribution is 7.89. The summed E-state index contributed by atoms with van der Waals surface area (Å²) < 4.78 is 30.9. The van der Waals surface area contributed by atoms with Crippen LogP contribution in [0.3, 0.4) is 0 Å². The van der Waals surface area contributed by atoms with Gasteiger partial charge in [0.2, 0.25) is 10.0 Å². The van der Waals surface area contributed by atoms with Gasteiger partial charge in [0.1, 0.15) is 0 Å². The molecule has 9 nitrogen and oxygen atoms in total. The van der Waals surface area contributed by atoms with Crippen molar-refractivity contribution in [3.63, 3.8) is 0 Å². The summed E-state index contributed by atoms with van der Waals surface area (Å²) in [5.74, 6) is 0.703. The van der Waals surface area contributed by atoms with Crippen molar-refractivity contribution < 1.29 is 17.9 Å². The minimum absolute atomic E-state index is 0.224. The monoisotopic (exact) mass is 425 g/mol. The van der Waals surface area contributed by atoms with Crippen molar-refractivity contribution in [2.24, 2.45) is 4.99 Å². The molecule has 3 N–H and O–H groups in total. The molecule has 0 aromatic heterocycles. The number of ether oxygens (including phenoxy) is 1. The maximum absolute atomic E-state index is 11.8. The van der Waals surface area contributed by atoms with Crippen LogP contribution in [0.1, 0.15) is 32.3 Å². The molecule has 1 aromatic rings. The number of benzene rings is 1. The molecule has 0 bridgehead atoms. The van der Waals surface area contributed by atoms with Crippen molar-refractivity contribution in [2.45, 2.75) is 44.2 Å². The van der Waals surface area contributed by atoms with Gasteiger partial charge in [-0.15, -0.1) is 0 Å². The fraction of sp³-hybridized carbons (Fsp3) is 0.579. The number of amides is 1. The number of sulfonamides is 1. The SMILES string of the molecule is CCNC(=NCc1ccc(S(=O)(=O)NC)cc1)NC1CCN(C(=O)OCC)CC1. The molecule has 1 aromatic carbocycles. The van der Waals surface area contributed by atoms with E-state index in [2.05, 4.69) is 20.3 Å². The molecule has 0 unspecified atom stereocenters. The number of nitrogens with one attached hydrogen (secondary N) is 3. The van der Waals surface area contributed by atoms with Crippen LogP contribution >= 0.6 is 0 Å². The second-order valence-electron chi connectivity index (χ2n) is 6.65. The quantitative estimate of drug-likeness (QED) is 0.448. The lowest BCUT2D eigenvalue weighted by molar-refractivity contribution is 0.0963. The maximum Gasteiger partial charge on any atom is 0.409 e. The number of nitrogens with zero attached hydrogens (tertiary/aromatic N) is 2. The number of aliphatic imine (C=N–C) groups is 1. The van der Waals surface area contributed by atoms with Gasteiger partial charge in [0.25, 0.3) is 0 Å². The zero-order valence-corrected chi connectivity index (χ0v) is 18.1. The third-order valence-electron chi connectivity index (χ3n) is 4.63. The van der Waals surface area contributed by atoms with Crippen LogP contribution in [0.15, 0.2) is 34.2 Å². The minimum atomic E-state index is -3.44. The Labute approximate surface area is 173 Å². The predicted molar refractivity (Wildman–Crippen MR) is 112 cm³/mol. The van der Waals surface area contributed by atoms with Gasteiger partial charge in [0.15, 0.2) is 5.96 Å². The van der Waals surface area contributed by atoms with Crippen LogP contribution in [0.25, 0.3) is 0 Å². The fourth-order valence-electron chi connectivity index (χ4n) is 3.00. The van der Waals surface area contributed by atoms with Crippen LogP contribution in [-0.4, -0.2) is 64.7 Å². The molecule has 1 saturated heterocycles. The molecule has 1 aliphatic heterocycles. The Balaban J connectivity index is 1.92. The summed E-state index contributed by atoms with van der Waals surface area (Å²) in [6.07, 6.45) is 1.38. The van der Waals surface area contributed by atoms with E-state index in [1.165, 1.54) is 7.05 Å². The van der Waals surface area contributed by atoms with E-state index in [4.69, 9.17) is 4.74 Å². The van der Waals surface area contributed by atoms with Gasteiger partial charge < -0.3 is 20.3 Å². The predicted octanol–water partition coefficient (Wildman–Crippen LogP) is 1.27. The molecular formula is C19H31N5O4S. The largest absolute Gasteiger partial charge is 0.450 e. The van der Waals surface area contributed by atoms with Crippen molar-refractivity contribution in [3.05, 3.63) is 29.8 Å². The van der Waals surface area contributed by atoms with Gasteiger partial charge in [-0.05, 0) is 51.4 Å². The van der Waals surface area contributed by atoms with E-state index in [0.29, 0.717) is 32.2 Å². The number of hydrogen-bond acceptors (Lipinski definition) is 5. The summed E-state index contributed by atoms with van der Waals surface area (Å²) in [4.78, 5) is 18.4. The van der Waals surface area contributed by atoms with Crippen molar-refractivity contribution >= 4 is 22.1 Å². The first-order chi connectivity index (χ1) is 13.9. The molecule has 29 heavy (non-hydrogen) atoms. The standard InChI is InChI=1S/C19H31N5O4S/c1-4-21-18(23-16-10-12-24(13-11-16)19(25)28-5-2)22-14-15-6-8-17(9-7-15)29(26,27)20-3/h6-9,16,20H,4-5,10-14H2,1-3H3,(H2,21,22,23). The highest BCUT2D eigenvalue weighted by Crippen LogP contribution is 2.13. The van der Waals surface area contributed by atoms with Gasteiger partial charge in [-0.2, -0.15) is 0 Å². The summed E-state index contributed by atoms with van der Waals surface area (Å²) in [5.41, 5.74) is 0.911. The maximum atomic E-state index is 11.8. The van der Waals surface area contributed by atoms with E-state index in [1.54, 1.807) is 36.1 Å². The molecule has 0 aliphatic carbocycles. The summed E-state index contributed by atoms with van der Waals surface area (Å²) in [6.45, 7) is 6.64. The number of guanidine groups is 1. The lowest BCUT2D eigenvalue weighted by Crippen LogP contribution is -2.49. The number of hydrogen-bond donors (Lipinski definition) is 3. The summed E-state index contributed by atoms with van der Waals surface area (Å²) >= 11 is 0. The molecule has 0 atom stereocenters. The first-order valence-corrected chi connectivity index (χ1v) is 11.4. The molecule has 162 valence electrons. The number of likely N-dealkylation sites (tertiary alicyclic amines) is 1. The van der Waals surface area contributed by atoms with E-state index >= 15 is 0 Å². The van der Waals surface area contributed by atoms with E-state index in [9.17, 15) is 13.2 Å². The molecule has 0 radical (unpaired) electrons. The smallest absolute Gasteiger partial charge is 0.409 e. The molecule has 0 spiro atoms. The number of carbonyl (C=O) groups is 1. The Bertz CT molecular complexity index is 787. The lowest BCUT2D eigenvalue weighted by Gasteiger charge is -2.32. The van der Waals surface area contributed by atoms with Crippen molar-refractivity contribution in [1.29, 1.82) is 0 Å². The normalized spacial score (nSPS) is 15.8.